The van der Waals surface area contributed by atoms with Gasteiger partial charge in [0.15, 0.2) is 0 Å². The molecule has 0 saturated heterocycles. The molecule has 96 valence electrons. The van der Waals surface area contributed by atoms with Crippen LogP contribution in [0.25, 0.3) is 0 Å². The van der Waals surface area contributed by atoms with Crippen molar-refractivity contribution in [2.75, 3.05) is 0 Å². The number of hydrogen-bond donors (Lipinski definition) is 0. The highest BCUT2D eigenvalue weighted by atomic mass is 35.5. The Morgan fingerprint density at radius 1 is 1.06 bits per heavy atom. The van der Waals surface area contributed by atoms with E-state index in [2.05, 4.69) is 21.9 Å². The van der Waals surface area contributed by atoms with E-state index in [1.165, 1.54) is 0 Å². The Morgan fingerprint density at radius 2 is 1.65 bits per heavy atom. The molecule has 0 spiro atoms. The predicted molar refractivity (Wildman–Crippen MR) is 65.6 cm³/mol. The topological polar surface area (TPSA) is 57.1 Å². The van der Waals surface area contributed by atoms with E-state index in [0.29, 0.717) is 0 Å². The van der Waals surface area contributed by atoms with Gasteiger partial charge in [-0.05, 0) is 38.8 Å². The molecule has 0 aliphatic heterocycles. The number of aromatic nitrogens is 3. The Labute approximate surface area is 107 Å². The number of nitrogens with zero attached hydrogens (tertiary/aromatic N) is 3. The van der Waals surface area contributed by atoms with Gasteiger partial charge >= 0.3 is 12.0 Å². The van der Waals surface area contributed by atoms with Crippen molar-refractivity contribution in [2.45, 2.75) is 52.7 Å². The van der Waals surface area contributed by atoms with Gasteiger partial charge in [0, 0.05) is 0 Å². The van der Waals surface area contributed by atoms with Gasteiger partial charge in [-0.3, -0.25) is 0 Å². The largest absolute Gasteiger partial charge is 0.461 e. The van der Waals surface area contributed by atoms with Gasteiger partial charge in [-0.1, -0.05) is 13.3 Å². The zero-order chi connectivity index (χ0) is 12.8. The van der Waals surface area contributed by atoms with Crippen LogP contribution in [0.5, 0.6) is 12.0 Å². The molecule has 0 bridgehead atoms. The first-order valence-electron chi connectivity index (χ1n) is 5.76. The lowest BCUT2D eigenvalue weighted by molar-refractivity contribution is 0.179. The van der Waals surface area contributed by atoms with Crippen LogP contribution >= 0.6 is 11.6 Å². The quantitative estimate of drug-likeness (QED) is 0.786. The summed E-state index contributed by atoms with van der Waals surface area (Å²) in [5.41, 5.74) is 0. The predicted octanol–water partition coefficient (Wildman–Crippen LogP) is 2.88. The second kappa shape index (κ2) is 6.59. The highest BCUT2D eigenvalue weighted by Gasteiger charge is 2.11. The lowest BCUT2D eigenvalue weighted by Gasteiger charge is -2.13. The summed E-state index contributed by atoms with van der Waals surface area (Å²) < 4.78 is 10.9. The molecular formula is C11H18ClN3O2. The highest BCUT2D eigenvalue weighted by molar-refractivity contribution is 6.28. The number of rotatable bonds is 6. The Balaban J connectivity index is 2.74. The smallest absolute Gasteiger partial charge is 0.324 e. The van der Waals surface area contributed by atoms with E-state index in [4.69, 9.17) is 21.1 Å². The van der Waals surface area contributed by atoms with Crippen molar-refractivity contribution in [3.8, 4) is 12.0 Å². The van der Waals surface area contributed by atoms with Crippen molar-refractivity contribution >= 4 is 11.6 Å². The fourth-order valence-electron chi connectivity index (χ4n) is 1.28. The molecule has 0 amide bonds. The average Bonchev–Trinajstić information content (AvgIpc) is 2.14. The summed E-state index contributed by atoms with van der Waals surface area (Å²) in [7, 11) is 0. The molecule has 0 aliphatic rings. The maximum absolute atomic E-state index is 5.77. The second-order valence-corrected chi connectivity index (χ2v) is 4.39. The third kappa shape index (κ3) is 5.17. The third-order valence-corrected chi connectivity index (χ3v) is 2.08. The third-order valence-electron chi connectivity index (χ3n) is 1.91. The minimum absolute atomic E-state index is 0.0191. The molecule has 0 radical (unpaired) electrons. The van der Waals surface area contributed by atoms with Crippen LogP contribution in [0.1, 0.15) is 40.5 Å². The summed E-state index contributed by atoms with van der Waals surface area (Å²) in [6.07, 6.45) is 2.00. The molecule has 0 N–H and O–H groups in total. The fourth-order valence-corrected chi connectivity index (χ4v) is 1.42. The van der Waals surface area contributed by atoms with Crippen LogP contribution < -0.4 is 9.47 Å². The summed E-state index contributed by atoms with van der Waals surface area (Å²) in [6, 6.07) is 0.403. The molecule has 0 aromatic carbocycles. The second-order valence-electron chi connectivity index (χ2n) is 4.05. The summed E-state index contributed by atoms with van der Waals surface area (Å²) in [5, 5.41) is 0.0781. The van der Waals surface area contributed by atoms with Gasteiger partial charge in [0.05, 0.1) is 12.2 Å². The maximum atomic E-state index is 5.77. The van der Waals surface area contributed by atoms with Crippen molar-refractivity contribution in [1.29, 1.82) is 0 Å². The first-order chi connectivity index (χ1) is 8.01. The molecule has 0 aliphatic carbocycles. The van der Waals surface area contributed by atoms with Gasteiger partial charge in [-0.15, -0.1) is 4.98 Å². The Kier molecular flexibility index (Phi) is 5.41. The van der Waals surface area contributed by atoms with Crippen molar-refractivity contribution in [3.05, 3.63) is 5.28 Å². The molecule has 1 aromatic rings. The first kappa shape index (κ1) is 14.0. The zero-order valence-corrected chi connectivity index (χ0v) is 11.4. The molecule has 6 heteroatoms. The minimum atomic E-state index is -0.0191. The molecule has 1 heterocycles. The highest BCUT2D eigenvalue weighted by Crippen LogP contribution is 2.16. The lowest BCUT2D eigenvalue weighted by atomic mass is 10.2. The zero-order valence-electron chi connectivity index (χ0n) is 10.6. The minimum Gasteiger partial charge on any atom is -0.461 e. The summed E-state index contributed by atoms with van der Waals surface area (Å²) in [6.45, 7) is 7.83. The molecule has 1 rings (SSSR count). The van der Waals surface area contributed by atoms with Gasteiger partial charge in [-0.2, -0.15) is 9.97 Å². The van der Waals surface area contributed by atoms with Crippen molar-refractivity contribution in [3.63, 3.8) is 0 Å². The van der Waals surface area contributed by atoms with Crippen LogP contribution in [-0.4, -0.2) is 27.2 Å². The molecular weight excluding hydrogens is 242 g/mol. The summed E-state index contributed by atoms with van der Waals surface area (Å²) in [4.78, 5) is 11.8. The van der Waals surface area contributed by atoms with Gasteiger partial charge in [-0.25, -0.2) is 0 Å². The van der Waals surface area contributed by atoms with Crippen molar-refractivity contribution < 1.29 is 9.47 Å². The molecule has 0 fully saturated rings. The first-order valence-corrected chi connectivity index (χ1v) is 6.14. The van der Waals surface area contributed by atoms with E-state index < -0.39 is 0 Å². The molecule has 5 nitrogen and oxygen atoms in total. The van der Waals surface area contributed by atoms with Crippen LogP contribution in [0, 0.1) is 0 Å². The van der Waals surface area contributed by atoms with E-state index in [9.17, 15) is 0 Å². The molecule has 1 unspecified atom stereocenters. The average molecular weight is 260 g/mol. The van der Waals surface area contributed by atoms with E-state index in [1.54, 1.807) is 0 Å². The van der Waals surface area contributed by atoms with Crippen LogP contribution in [0.15, 0.2) is 0 Å². The Bertz CT molecular complexity index is 361. The van der Waals surface area contributed by atoms with Gasteiger partial charge in [0.1, 0.15) is 0 Å². The molecule has 1 aromatic heterocycles. The number of ether oxygens (including phenoxy) is 2. The van der Waals surface area contributed by atoms with Crippen LogP contribution in [-0.2, 0) is 0 Å². The lowest BCUT2D eigenvalue weighted by Crippen LogP contribution is -2.15. The van der Waals surface area contributed by atoms with Crippen LogP contribution in [0.2, 0.25) is 5.28 Å². The fraction of sp³-hybridized carbons (Fsp3) is 0.727. The van der Waals surface area contributed by atoms with Gasteiger partial charge < -0.3 is 9.47 Å². The number of halogens is 1. The van der Waals surface area contributed by atoms with E-state index in [-0.39, 0.29) is 29.5 Å². The van der Waals surface area contributed by atoms with E-state index >= 15 is 0 Å². The molecule has 0 saturated carbocycles. The Morgan fingerprint density at radius 3 is 2.18 bits per heavy atom. The standard InChI is InChI=1S/C11H18ClN3O2/c1-5-6-8(4)17-11-14-9(12)13-10(15-11)16-7(2)3/h7-8H,5-6H2,1-4H3. The Hall–Kier alpha value is -1.10. The van der Waals surface area contributed by atoms with Crippen molar-refractivity contribution in [1.82, 2.24) is 15.0 Å². The van der Waals surface area contributed by atoms with Crippen LogP contribution in [0.4, 0.5) is 0 Å². The van der Waals surface area contributed by atoms with Gasteiger partial charge in [0.25, 0.3) is 0 Å². The monoisotopic (exact) mass is 259 g/mol. The SMILES string of the molecule is CCCC(C)Oc1nc(Cl)nc(OC(C)C)n1. The van der Waals surface area contributed by atoms with E-state index in [0.717, 1.165) is 12.8 Å². The van der Waals surface area contributed by atoms with Crippen LogP contribution in [0.3, 0.4) is 0 Å². The normalized spacial score (nSPS) is 12.6. The van der Waals surface area contributed by atoms with Gasteiger partial charge in [0.2, 0.25) is 5.28 Å². The van der Waals surface area contributed by atoms with E-state index in [1.807, 2.05) is 20.8 Å². The molecule has 1 atom stereocenters. The summed E-state index contributed by atoms with van der Waals surface area (Å²) in [5.74, 6) is 0. The molecule has 17 heavy (non-hydrogen) atoms. The number of hydrogen-bond acceptors (Lipinski definition) is 5. The van der Waals surface area contributed by atoms with Crippen molar-refractivity contribution in [2.24, 2.45) is 0 Å². The summed E-state index contributed by atoms with van der Waals surface area (Å²) >= 11 is 5.77. The maximum Gasteiger partial charge on any atom is 0.324 e.